The van der Waals surface area contributed by atoms with Crippen LogP contribution in [0.15, 0.2) is 22.7 Å². The van der Waals surface area contributed by atoms with Gasteiger partial charge in [-0.2, -0.15) is 0 Å². The lowest BCUT2D eigenvalue weighted by Gasteiger charge is -2.21. The standard InChI is InChI=1S/C14H19BrN2O3/c1-4-8(2)12(14(19)20-3)17-13(18)9-5-6-11(16)10(15)7-9/h5-8,12H,4,16H2,1-3H3,(H,17,18). The van der Waals surface area contributed by atoms with Crippen LogP contribution in [-0.4, -0.2) is 25.0 Å². The number of amides is 1. The van der Waals surface area contributed by atoms with E-state index in [9.17, 15) is 9.59 Å². The van der Waals surface area contributed by atoms with Crippen molar-refractivity contribution in [2.75, 3.05) is 12.8 Å². The van der Waals surface area contributed by atoms with Crippen LogP contribution in [0.1, 0.15) is 30.6 Å². The number of halogens is 1. The molecule has 6 heteroatoms. The topological polar surface area (TPSA) is 81.4 Å². The van der Waals surface area contributed by atoms with Crippen LogP contribution in [0.25, 0.3) is 0 Å². The fourth-order valence-corrected chi connectivity index (χ4v) is 2.07. The van der Waals surface area contributed by atoms with E-state index in [1.54, 1.807) is 18.2 Å². The number of hydrogen-bond acceptors (Lipinski definition) is 4. The van der Waals surface area contributed by atoms with E-state index in [0.29, 0.717) is 15.7 Å². The summed E-state index contributed by atoms with van der Waals surface area (Å²) in [5.74, 6) is -0.785. The first kappa shape index (κ1) is 16.5. The maximum absolute atomic E-state index is 12.2. The van der Waals surface area contributed by atoms with E-state index in [-0.39, 0.29) is 11.8 Å². The quantitative estimate of drug-likeness (QED) is 0.635. The molecule has 110 valence electrons. The van der Waals surface area contributed by atoms with Crippen LogP contribution in [0.5, 0.6) is 0 Å². The number of ether oxygens (including phenoxy) is 1. The third-order valence-electron chi connectivity index (χ3n) is 3.22. The van der Waals surface area contributed by atoms with Crippen LogP contribution in [0.4, 0.5) is 5.69 Å². The van der Waals surface area contributed by atoms with Gasteiger partial charge in [-0.25, -0.2) is 4.79 Å². The molecule has 1 amide bonds. The monoisotopic (exact) mass is 342 g/mol. The average molecular weight is 343 g/mol. The smallest absolute Gasteiger partial charge is 0.328 e. The Balaban J connectivity index is 2.90. The highest BCUT2D eigenvalue weighted by molar-refractivity contribution is 9.10. The second kappa shape index (κ2) is 7.28. The van der Waals surface area contributed by atoms with Crippen molar-refractivity contribution in [3.8, 4) is 0 Å². The molecule has 20 heavy (non-hydrogen) atoms. The van der Waals surface area contributed by atoms with Crippen LogP contribution in [0, 0.1) is 5.92 Å². The largest absolute Gasteiger partial charge is 0.467 e. The second-order valence-electron chi connectivity index (χ2n) is 4.60. The van der Waals surface area contributed by atoms with Crippen molar-refractivity contribution in [3.63, 3.8) is 0 Å². The third-order valence-corrected chi connectivity index (χ3v) is 3.90. The van der Waals surface area contributed by atoms with Gasteiger partial charge in [-0.05, 0) is 40.0 Å². The predicted octanol–water partition coefficient (Wildman–Crippen LogP) is 2.35. The lowest BCUT2D eigenvalue weighted by Crippen LogP contribution is -2.45. The normalized spacial score (nSPS) is 13.4. The molecule has 3 N–H and O–H groups in total. The zero-order valence-electron chi connectivity index (χ0n) is 11.8. The van der Waals surface area contributed by atoms with Crippen molar-refractivity contribution >= 4 is 33.5 Å². The molecule has 0 bridgehead atoms. The second-order valence-corrected chi connectivity index (χ2v) is 5.45. The Bertz CT molecular complexity index is 505. The zero-order valence-corrected chi connectivity index (χ0v) is 13.4. The molecule has 0 aliphatic heterocycles. The van der Waals surface area contributed by atoms with E-state index in [0.717, 1.165) is 6.42 Å². The molecular weight excluding hydrogens is 324 g/mol. The molecule has 0 saturated heterocycles. The summed E-state index contributed by atoms with van der Waals surface area (Å²) in [6.07, 6.45) is 0.755. The van der Waals surface area contributed by atoms with Gasteiger partial charge in [-0.3, -0.25) is 4.79 Å². The Kier molecular flexibility index (Phi) is 6.01. The Morgan fingerprint density at radius 3 is 2.60 bits per heavy atom. The molecule has 1 aromatic rings. The fraction of sp³-hybridized carbons (Fsp3) is 0.429. The van der Waals surface area contributed by atoms with E-state index >= 15 is 0 Å². The van der Waals surface area contributed by atoms with Crippen molar-refractivity contribution in [1.82, 2.24) is 5.32 Å². The molecule has 2 atom stereocenters. The Hall–Kier alpha value is -1.56. The predicted molar refractivity (Wildman–Crippen MR) is 81.3 cm³/mol. The van der Waals surface area contributed by atoms with Crippen LogP contribution < -0.4 is 11.1 Å². The summed E-state index contributed by atoms with van der Waals surface area (Å²) in [7, 11) is 1.31. The number of benzene rings is 1. The maximum atomic E-state index is 12.2. The van der Waals surface area contributed by atoms with Gasteiger partial charge in [-0.15, -0.1) is 0 Å². The van der Waals surface area contributed by atoms with Crippen molar-refractivity contribution in [1.29, 1.82) is 0 Å². The average Bonchev–Trinajstić information content (AvgIpc) is 2.45. The molecule has 5 nitrogen and oxygen atoms in total. The molecule has 0 radical (unpaired) electrons. The lowest BCUT2D eigenvalue weighted by molar-refractivity contribution is -0.144. The number of methoxy groups -OCH3 is 1. The molecule has 0 aliphatic rings. The highest BCUT2D eigenvalue weighted by Gasteiger charge is 2.27. The zero-order chi connectivity index (χ0) is 15.3. The van der Waals surface area contributed by atoms with Gasteiger partial charge in [0.15, 0.2) is 0 Å². The van der Waals surface area contributed by atoms with E-state index in [2.05, 4.69) is 21.2 Å². The third kappa shape index (κ3) is 3.96. The number of anilines is 1. The molecule has 2 unspecified atom stereocenters. The van der Waals surface area contributed by atoms with Crippen molar-refractivity contribution in [2.45, 2.75) is 26.3 Å². The Morgan fingerprint density at radius 2 is 2.10 bits per heavy atom. The van der Waals surface area contributed by atoms with E-state index in [4.69, 9.17) is 10.5 Å². The van der Waals surface area contributed by atoms with Gasteiger partial charge < -0.3 is 15.8 Å². The summed E-state index contributed by atoms with van der Waals surface area (Å²) in [6, 6.07) is 4.21. The highest BCUT2D eigenvalue weighted by Crippen LogP contribution is 2.20. The number of nitrogens with two attached hydrogens (primary N) is 1. The van der Waals surface area contributed by atoms with E-state index < -0.39 is 12.0 Å². The highest BCUT2D eigenvalue weighted by atomic mass is 79.9. The Labute approximate surface area is 127 Å². The first-order valence-electron chi connectivity index (χ1n) is 6.34. The Morgan fingerprint density at radius 1 is 1.45 bits per heavy atom. The van der Waals surface area contributed by atoms with E-state index in [1.165, 1.54) is 7.11 Å². The number of rotatable bonds is 5. The lowest BCUT2D eigenvalue weighted by atomic mass is 9.99. The molecular formula is C14H19BrN2O3. The summed E-state index contributed by atoms with van der Waals surface area (Å²) in [5, 5.41) is 2.71. The van der Waals surface area contributed by atoms with Gasteiger partial charge >= 0.3 is 5.97 Å². The number of esters is 1. The molecule has 1 rings (SSSR count). The van der Waals surface area contributed by atoms with Crippen LogP contribution in [0.3, 0.4) is 0 Å². The van der Waals surface area contributed by atoms with Gasteiger partial charge in [-0.1, -0.05) is 20.3 Å². The van der Waals surface area contributed by atoms with Gasteiger partial charge in [0, 0.05) is 15.7 Å². The minimum atomic E-state index is -0.658. The SMILES string of the molecule is CCC(C)C(NC(=O)c1ccc(N)c(Br)c1)C(=O)OC. The molecule has 0 aromatic heterocycles. The van der Waals surface area contributed by atoms with Gasteiger partial charge in [0.2, 0.25) is 0 Å². The molecule has 1 aromatic carbocycles. The molecule has 0 saturated carbocycles. The maximum Gasteiger partial charge on any atom is 0.328 e. The van der Waals surface area contributed by atoms with E-state index in [1.807, 2.05) is 13.8 Å². The fourth-order valence-electron chi connectivity index (χ4n) is 1.69. The summed E-state index contributed by atoms with van der Waals surface area (Å²) < 4.78 is 5.37. The first-order chi connectivity index (χ1) is 9.40. The summed E-state index contributed by atoms with van der Waals surface area (Å²) in [4.78, 5) is 23.9. The number of hydrogen-bond donors (Lipinski definition) is 2. The summed E-state index contributed by atoms with van der Waals surface area (Å²) >= 11 is 3.27. The number of nitrogen functional groups attached to an aromatic ring is 1. The van der Waals surface area contributed by atoms with Gasteiger partial charge in [0.05, 0.1) is 7.11 Å². The van der Waals surface area contributed by atoms with Crippen LogP contribution in [0.2, 0.25) is 0 Å². The molecule has 0 fully saturated rings. The van der Waals surface area contributed by atoms with Crippen molar-refractivity contribution in [3.05, 3.63) is 28.2 Å². The summed E-state index contributed by atoms with van der Waals surface area (Å²) in [6.45, 7) is 3.84. The van der Waals surface area contributed by atoms with Crippen LogP contribution in [-0.2, 0) is 9.53 Å². The van der Waals surface area contributed by atoms with Gasteiger partial charge in [0.1, 0.15) is 6.04 Å². The van der Waals surface area contributed by atoms with Crippen molar-refractivity contribution < 1.29 is 14.3 Å². The molecule has 0 heterocycles. The minimum absolute atomic E-state index is 0.0105. The minimum Gasteiger partial charge on any atom is -0.467 e. The van der Waals surface area contributed by atoms with Crippen molar-refractivity contribution in [2.24, 2.45) is 5.92 Å². The molecule has 0 spiro atoms. The number of carbonyl (C=O) groups excluding carboxylic acids is 2. The summed E-state index contributed by atoms with van der Waals surface area (Å²) in [5.41, 5.74) is 6.66. The number of carbonyl (C=O) groups is 2. The first-order valence-corrected chi connectivity index (χ1v) is 7.13. The van der Waals surface area contributed by atoms with Crippen LogP contribution >= 0.6 is 15.9 Å². The van der Waals surface area contributed by atoms with Gasteiger partial charge in [0.25, 0.3) is 5.91 Å². The molecule has 0 aliphatic carbocycles. The number of nitrogens with one attached hydrogen (secondary N) is 1.